The lowest BCUT2D eigenvalue weighted by molar-refractivity contribution is -0.142. The molecule has 4 unspecified atom stereocenters. The molecule has 6 heteroatoms. The smallest absolute Gasteiger partial charge is 0.326 e. The summed E-state index contributed by atoms with van der Waals surface area (Å²) in [4.78, 5) is 27.5. The lowest BCUT2D eigenvalue weighted by Gasteiger charge is -2.35. The molecule has 0 aromatic carbocycles. The summed E-state index contributed by atoms with van der Waals surface area (Å²) in [6.45, 7) is 1.86. The zero-order valence-electron chi connectivity index (χ0n) is 11.7. The van der Waals surface area contributed by atoms with Crippen LogP contribution < -0.4 is 5.73 Å². The van der Waals surface area contributed by atoms with Gasteiger partial charge in [0.2, 0.25) is 0 Å². The number of carbonyl (C=O) groups is 2. The molecule has 0 aromatic heterocycles. The number of hydrogen-bond acceptors (Lipinski definition) is 3. The summed E-state index contributed by atoms with van der Waals surface area (Å²) in [6.07, 6.45) is 4.93. The Morgan fingerprint density at radius 3 is 2.60 bits per heavy atom. The van der Waals surface area contributed by atoms with E-state index in [0.29, 0.717) is 25.6 Å². The molecule has 1 saturated carbocycles. The van der Waals surface area contributed by atoms with Crippen LogP contribution in [0.1, 0.15) is 32.1 Å². The lowest BCUT2D eigenvalue weighted by atomic mass is 9.94. The van der Waals surface area contributed by atoms with Crippen molar-refractivity contribution in [3.63, 3.8) is 0 Å². The van der Waals surface area contributed by atoms with Crippen LogP contribution in [0.2, 0.25) is 0 Å². The molecule has 0 spiro atoms. The Morgan fingerprint density at radius 2 is 1.90 bits per heavy atom. The third-order valence-corrected chi connectivity index (χ3v) is 5.12. The summed E-state index contributed by atoms with van der Waals surface area (Å²) in [7, 11) is 0. The van der Waals surface area contributed by atoms with E-state index in [4.69, 9.17) is 5.73 Å². The average molecular weight is 281 g/mol. The van der Waals surface area contributed by atoms with Crippen LogP contribution in [-0.2, 0) is 4.79 Å². The van der Waals surface area contributed by atoms with Gasteiger partial charge in [-0.2, -0.15) is 0 Å². The fraction of sp³-hybridized carbons (Fsp3) is 0.857. The van der Waals surface area contributed by atoms with Crippen molar-refractivity contribution in [3.05, 3.63) is 0 Å². The van der Waals surface area contributed by atoms with Crippen LogP contribution in [0.15, 0.2) is 0 Å². The van der Waals surface area contributed by atoms with Gasteiger partial charge >= 0.3 is 12.0 Å². The minimum Gasteiger partial charge on any atom is -0.480 e. The van der Waals surface area contributed by atoms with Gasteiger partial charge in [-0.15, -0.1) is 0 Å². The Labute approximate surface area is 118 Å². The van der Waals surface area contributed by atoms with E-state index in [0.717, 1.165) is 32.1 Å². The molecule has 1 aliphatic carbocycles. The minimum absolute atomic E-state index is 0.0260. The molecule has 2 heterocycles. The highest BCUT2D eigenvalue weighted by Gasteiger charge is 2.50. The molecule has 0 aromatic rings. The second-order valence-electron chi connectivity index (χ2n) is 6.42. The van der Waals surface area contributed by atoms with Gasteiger partial charge in [-0.1, -0.05) is 6.42 Å². The summed E-state index contributed by atoms with van der Waals surface area (Å²) in [5.41, 5.74) is 5.92. The number of piperidine rings is 1. The normalized spacial score (nSPS) is 37.0. The predicted octanol–water partition coefficient (Wildman–Crippen LogP) is 0.715. The van der Waals surface area contributed by atoms with Crippen molar-refractivity contribution in [1.29, 1.82) is 0 Å². The molecule has 0 radical (unpaired) electrons. The van der Waals surface area contributed by atoms with Gasteiger partial charge in [-0.3, -0.25) is 0 Å². The predicted molar refractivity (Wildman–Crippen MR) is 73.1 cm³/mol. The Balaban J connectivity index is 1.74. The highest BCUT2D eigenvalue weighted by molar-refractivity contribution is 5.84. The SMILES string of the molecule is NC1CCCN(C(=O)N2CC3CCCC3C2C(=O)O)C1. The summed E-state index contributed by atoms with van der Waals surface area (Å²) >= 11 is 0. The van der Waals surface area contributed by atoms with Crippen LogP contribution in [0.3, 0.4) is 0 Å². The Bertz CT molecular complexity index is 414. The number of fused-ring (bicyclic) bond motifs is 1. The van der Waals surface area contributed by atoms with Crippen LogP contribution in [0, 0.1) is 11.8 Å². The van der Waals surface area contributed by atoms with Crippen LogP contribution in [0.4, 0.5) is 4.79 Å². The van der Waals surface area contributed by atoms with E-state index in [1.807, 2.05) is 0 Å². The number of amides is 2. The number of carbonyl (C=O) groups excluding carboxylic acids is 1. The van der Waals surface area contributed by atoms with Gasteiger partial charge in [0.1, 0.15) is 6.04 Å². The first-order chi connectivity index (χ1) is 9.58. The molecule has 6 nitrogen and oxygen atoms in total. The highest BCUT2D eigenvalue weighted by Crippen LogP contribution is 2.42. The molecule has 2 amide bonds. The monoisotopic (exact) mass is 281 g/mol. The Hall–Kier alpha value is -1.30. The fourth-order valence-corrected chi connectivity index (χ4v) is 4.18. The molecule has 0 bridgehead atoms. The van der Waals surface area contributed by atoms with Crippen LogP contribution in [-0.4, -0.2) is 58.6 Å². The van der Waals surface area contributed by atoms with Crippen molar-refractivity contribution in [2.75, 3.05) is 19.6 Å². The standard InChI is InChI=1S/C14H23N3O3/c15-10-4-2-6-16(8-10)14(20)17-7-9-3-1-5-11(9)12(17)13(18)19/h9-12H,1-8,15H2,(H,18,19). The van der Waals surface area contributed by atoms with E-state index >= 15 is 0 Å². The maximum atomic E-state index is 12.6. The van der Waals surface area contributed by atoms with Crippen molar-refractivity contribution in [2.45, 2.75) is 44.2 Å². The second kappa shape index (κ2) is 5.24. The molecule has 4 atom stereocenters. The van der Waals surface area contributed by atoms with Gasteiger partial charge in [0, 0.05) is 25.7 Å². The van der Waals surface area contributed by atoms with Crippen molar-refractivity contribution in [3.8, 4) is 0 Å². The van der Waals surface area contributed by atoms with Gasteiger partial charge in [0.15, 0.2) is 0 Å². The van der Waals surface area contributed by atoms with E-state index in [9.17, 15) is 14.7 Å². The molecule has 20 heavy (non-hydrogen) atoms. The van der Waals surface area contributed by atoms with Crippen molar-refractivity contribution < 1.29 is 14.7 Å². The quantitative estimate of drug-likeness (QED) is 0.741. The number of carboxylic acid groups (broad SMARTS) is 1. The highest BCUT2D eigenvalue weighted by atomic mass is 16.4. The number of likely N-dealkylation sites (tertiary alicyclic amines) is 2. The number of aliphatic carboxylic acids is 1. The second-order valence-corrected chi connectivity index (χ2v) is 6.42. The minimum atomic E-state index is -0.853. The van der Waals surface area contributed by atoms with E-state index in [-0.39, 0.29) is 18.0 Å². The first-order valence-electron chi connectivity index (χ1n) is 7.62. The van der Waals surface area contributed by atoms with E-state index in [2.05, 4.69) is 0 Å². The van der Waals surface area contributed by atoms with Gasteiger partial charge in [-0.25, -0.2) is 9.59 Å². The van der Waals surface area contributed by atoms with E-state index < -0.39 is 12.0 Å². The summed E-state index contributed by atoms with van der Waals surface area (Å²) in [5.74, 6) is -0.331. The number of carboxylic acids is 1. The van der Waals surface area contributed by atoms with Crippen LogP contribution >= 0.6 is 0 Å². The first-order valence-corrected chi connectivity index (χ1v) is 7.62. The Morgan fingerprint density at radius 1 is 1.10 bits per heavy atom. The van der Waals surface area contributed by atoms with E-state index in [1.165, 1.54) is 0 Å². The van der Waals surface area contributed by atoms with Gasteiger partial charge in [0.25, 0.3) is 0 Å². The largest absolute Gasteiger partial charge is 0.480 e. The molecule has 3 aliphatic rings. The Kier molecular flexibility index (Phi) is 3.58. The molecular weight excluding hydrogens is 258 g/mol. The molecule has 3 fully saturated rings. The third kappa shape index (κ3) is 2.26. The summed E-state index contributed by atoms with van der Waals surface area (Å²) in [5, 5.41) is 9.49. The number of nitrogens with zero attached hydrogens (tertiary/aromatic N) is 2. The summed E-state index contributed by atoms with van der Waals surface area (Å²) in [6, 6.07) is -0.729. The number of urea groups is 1. The molecule has 3 rings (SSSR count). The third-order valence-electron chi connectivity index (χ3n) is 5.12. The van der Waals surface area contributed by atoms with Gasteiger partial charge < -0.3 is 20.6 Å². The maximum absolute atomic E-state index is 12.6. The van der Waals surface area contributed by atoms with Crippen molar-refractivity contribution >= 4 is 12.0 Å². The van der Waals surface area contributed by atoms with Gasteiger partial charge in [-0.05, 0) is 37.5 Å². The summed E-state index contributed by atoms with van der Waals surface area (Å²) < 4.78 is 0. The maximum Gasteiger partial charge on any atom is 0.326 e. The van der Waals surface area contributed by atoms with E-state index in [1.54, 1.807) is 9.80 Å². The first kappa shape index (κ1) is 13.7. The van der Waals surface area contributed by atoms with Crippen LogP contribution in [0.5, 0.6) is 0 Å². The molecule has 2 aliphatic heterocycles. The van der Waals surface area contributed by atoms with Gasteiger partial charge in [0.05, 0.1) is 0 Å². The number of nitrogens with two attached hydrogens (primary N) is 1. The average Bonchev–Trinajstić information content (AvgIpc) is 2.96. The zero-order chi connectivity index (χ0) is 14.3. The molecule has 3 N–H and O–H groups in total. The number of rotatable bonds is 1. The molecular formula is C14H23N3O3. The zero-order valence-corrected chi connectivity index (χ0v) is 11.7. The molecule has 112 valence electrons. The van der Waals surface area contributed by atoms with Crippen molar-refractivity contribution in [2.24, 2.45) is 17.6 Å². The topological polar surface area (TPSA) is 86.9 Å². The molecule has 2 saturated heterocycles. The lowest BCUT2D eigenvalue weighted by Crippen LogP contribution is -2.54. The van der Waals surface area contributed by atoms with Crippen molar-refractivity contribution in [1.82, 2.24) is 9.80 Å². The number of hydrogen-bond donors (Lipinski definition) is 2. The fourth-order valence-electron chi connectivity index (χ4n) is 4.18. The van der Waals surface area contributed by atoms with Crippen LogP contribution in [0.25, 0.3) is 0 Å².